The first-order chi connectivity index (χ1) is 8.52. The number of aryl methyl sites for hydroxylation is 1. The number of carbonyl (C=O) groups excluding carboxylic acids is 3. The zero-order valence-corrected chi connectivity index (χ0v) is 10.9. The van der Waals surface area contributed by atoms with Gasteiger partial charge >= 0.3 is 5.97 Å². The molecule has 2 amide bonds. The molecule has 1 aromatic heterocycles. The lowest BCUT2D eigenvalue weighted by Crippen LogP contribution is -2.39. The molecule has 2 N–H and O–H groups in total. The maximum Gasteiger partial charge on any atom is 0.325 e. The van der Waals surface area contributed by atoms with Crippen LogP contribution in [0, 0.1) is 6.92 Å². The van der Waals surface area contributed by atoms with E-state index in [0.717, 1.165) is 4.88 Å². The fourth-order valence-corrected chi connectivity index (χ4v) is 1.89. The molecule has 0 spiro atoms. The average molecular weight is 270 g/mol. The highest BCUT2D eigenvalue weighted by Crippen LogP contribution is 2.14. The lowest BCUT2D eigenvalue weighted by molar-refractivity contribution is -0.141. The number of thiophene rings is 1. The summed E-state index contributed by atoms with van der Waals surface area (Å²) in [4.78, 5) is 35.2. The number of esters is 1. The van der Waals surface area contributed by atoms with Gasteiger partial charge in [0.1, 0.15) is 6.54 Å². The summed E-state index contributed by atoms with van der Waals surface area (Å²) in [6, 6.07) is 3.53. The van der Waals surface area contributed by atoms with Gasteiger partial charge < -0.3 is 15.4 Å². The van der Waals surface area contributed by atoms with Crippen molar-refractivity contribution in [3.63, 3.8) is 0 Å². The van der Waals surface area contributed by atoms with Gasteiger partial charge in [0, 0.05) is 4.88 Å². The van der Waals surface area contributed by atoms with Crippen molar-refractivity contribution < 1.29 is 19.1 Å². The summed E-state index contributed by atoms with van der Waals surface area (Å²) >= 11 is 1.35. The van der Waals surface area contributed by atoms with Crippen LogP contribution in [0.4, 0.5) is 0 Å². The van der Waals surface area contributed by atoms with Crippen molar-refractivity contribution in [2.45, 2.75) is 6.92 Å². The van der Waals surface area contributed by atoms with Gasteiger partial charge in [0.15, 0.2) is 0 Å². The predicted octanol–water partition coefficient (Wildman–Crippen LogP) is 0.0755. The van der Waals surface area contributed by atoms with E-state index in [1.807, 2.05) is 13.0 Å². The smallest absolute Gasteiger partial charge is 0.325 e. The number of hydrogen-bond donors (Lipinski definition) is 2. The fourth-order valence-electron chi connectivity index (χ4n) is 1.11. The van der Waals surface area contributed by atoms with Crippen LogP contribution in [0.2, 0.25) is 0 Å². The minimum Gasteiger partial charge on any atom is -0.468 e. The molecular formula is C11H14N2O4S. The van der Waals surface area contributed by atoms with Crippen molar-refractivity contribution in [1.29, 1.82) is 0 Å². The Morgan fingerprint density at radius 3 is 2.50 bits per heavy atom. The van der Waals surface area contributed by atoms with Crippen molar-refractivity contribution in [2.75, 3.05) is 20.2 Å². The molecule has 0 aliphatic rings. The van der Waals surface area contributed by atoms with Crippen LogP contribution in [-0.4, -0.2) is 38.0 Å². The van der Waals surface area contributed by atoms with E-state index in [1.165, 1.54) is 18.4 Å². The molecule has 0 unspecified atom stereocenters. The summed E-state index contributed by atoms with van der Waals surface area (Å²) in [6.45, 7) is 1.51. The fraction of sp³-hybridized carbons (Fsp3) is 0.364. The number of hydrogen-bond acceptors (Lipinski definition) is 5. The number of ether oxygens (including phenoxy) is 1. The Bertz CT molecular complexity index is 456. The largest absolute Gasteiger partial charge is 0.468 e. The summed E-state index contributed by atoms with van der Waals surface area (Å²) in [5.74, 6) is -1.29. The van der Waals surface area contributed by atoms with Gasteiger partial charge in [-0.2, -0.15) is 0 Å². The van der Waals surface area contributed by atoms with Gasteiger partial charge in [0.05, 0.1) is 18.5 Å². The van der Waals surface area contributed by atoms with Gasteiger partial charge in [0.25, 0.3) is 5.91 Å². The first-order valence-corrected chi connectivity index (χ1v) is 6.02. The van der Waals surface area contributed by atoms with Crippen molar-refractivity contribution in [2.24, 2.45) is 0 Å². The second kappa shape index (κ2) is 6.75. The molecule has 1 rings (SSSR count). The van der Waals surface area contributed by atoms with Gasteiger partial charge in [-0.05, 0) is 19.1 Å². The maximum atomic E-state index is 11.6. The van der Waals surface area contributed by atoms with Crippen molar-refractivity contribution in [3.05, 3.63) is 21.9 Å². The molecule has 1 aromatic rings. The zero-order chi connectivity index (χ0) is 13.5. The van der Waals surface area contributed by atoms with Crippen LogP contribution >= 0.6 is 11.3 Å². The number of amides is 2. The SMILES string of the molecule is COC(=O)CNC(=O)CNC(=O)c1ccc(C)s1. The highest BCUT2D eigenvalue weighted by Gasteiger charge is 2.10. The van der Waals surface area contributed by atoms with E-state index < -0.39 is 11.9 Å². The summed E-state index contributed by atoms with van der Waals surface area (Å²) in [7, 11) is 1.23. The Labute approximate surface area is 108 Å². The summed E-state index contributed by atoms with van der Waals surface area (Å²) in [5, 5.41) is 4.78. The van der Waals surface area contributed by atoms with Gasteiger partial charge in [-0.15, -0.1) is 11.3 Å². The van der Waals surface area contributed by atoms with Crippen LogP contribution < -0.4 is 10.6 Å². The Kier molecular flexibility index (Phi) is 5.31. The molecule has 0 saturated heterocycles. The molecule has 0 fully saturated rings. The number of rotatable bonds is 5. The topological polar surface area (TPSA) is 84.5 Å². The normalized spacial score (nSPS) is 9.67. The molecule has 0 aromatic carbocycles. The first-order valence-electron chi connectivity index (χ1n) is 5.21. The Balaban J connectivity index is 2.30. The second-order valence-electron chi connectivity index (χ2n) is 3.45. The monoisotopic (exact) mass is 270 g/mol. The van der Waals surface area contributed by atoms with Crippen LogP contribution in [0.15, 0.2) is 12.1 Å². The van der Waals surface area contributed by atoms with Gasteiger partial charge in [-0.25, -0.2) is 0 Å². The Morgan fingerprint density at radius 2 is 1.94 bits per heavy atom. The third-order valence-corrected chi connectivity index (χ3v) is 3.03. The van der Waals surface area contributed by atoms with Crippen LogP contribution in [0.3, 0.4) is 0 Å². The van der Waals surface area contributed by atoms with E-state index in [2.05, 4.69) is 15.4 Å². The summed E-state index contributed by atoms with van der Waals surface area (Å²) < 4.78 is 4.36. The summed E-state index contributed by atoms with van der Waals surface area (Å²) in [6.07, 6.45) is 0. The molecule has 0 bridgehead atoms. The molecular weight excluding hydrogens is 256 g/mol. The quantitative estimate of drug-likeness (QED) is 0.742. The summed E-state index contributed by atoms with van der Waals surface area (Å²) in [5.41, 5.74) is 0. The van der Waals surface area contributed by atoms with Gasteiger partial charge in [-0.3, -0.25) is 14.4 Å². The van der Waals surface area contributed by atoms with Crippen LogP contribution in [0.1, 0.15) is 14.5 Å². The highest BCUT2D eigenvalue weighted by atomic mass is 32.1. The standard InChI is InChI=1S/C11H14N2O4S/c1-7-3-4-8(18-7)11(16)13-5-9(14)12-6-10(15)17-2/h3-4H,5-6H2,1-2H3,(H,12,14)(H,13,16). The predicted molar refractivity (Wildman–Crippen MR) is 66.4 cm³/mol. The molecule has 0 radical (unpaired) electrons. The van der Waals surface area contributed by atoms with E-state index in [1.54, 1.807) is 6.07 Å². The van der Waals surface area contributed by atoms with Crippen LogP contribution in [0.25, 0.3) is 0 Å². The van der Waals surface area contributed by atoms with Crippen molar-refractivity contribution in [3.8, 4) is 0 Å². The van der Waals surface area contributed by atoms with Crippen molar-refractivity contribution in [1.82, 2.24) is 10.6 Å². The first kappa shape index (κ1) is 14.2. The molecule has 0 saturated carbocycles. The van der Waals surface area contributed by atoms with Gasteiger partial charge in [0.2, 0.25) is 5.91 Å². The van der Waals surface area contributed by atoms with E-state index in [0.29, 0.717) is 4.88 Å². The number of carbonyl (C=O) groups is 3. The third-order valence-electron chi connectivity index (χ3n) is 2.03. The Morgan fingerprint density at radius 1 is 1.22 bits per heavy atom. The lowest BCUT2D eigenvalue weighted by Gasteiger charge is -2.04. The molecule has 7 heteroatoms. The minimum atomic E-state index is -0.538. The second-order valence-corrected chi connectivity index (χ2v) is 4.73. The van der Waals surface area contributed by atoms with E-state index in [-0.39, 0.29) is 19.0 Å². The molecule has 1 heterocycles. The maximum absolute atomic E-state index is 11.6. The Hall–Kier alpha value is -1.89. The third kappa shape index (κ3) is 4.54. The van der Waals surface area contributed by atoms with Gasteiger partial charge in [-0.1, -0.05) is 0 Å². The zero-order valence-electron chi connectivity index (χ0n) is 10.1. The molecule has 0 atom stereocenters. The molecule has 18 heavy (non-hydrogen) atoms. The molecule has 6 nitrogen and oxygen atoms in total. The highest BCUT2D eigenvalue weighted by molar-refractivity contribution is 7.13. The molecule has 0 aliphatic heterocycles. The molecule has 98 valence electrons. The molecule has 0 aliphatic carbocycles. The van der Waals surface area contributed by atoms with Crippen molar-refractivity contribution >= 4 is 29.1 Å². The number of nitrogens with one attached hydrogen (secondary N) is 2. The van der Waals surface area contributed by atoms with E-state index in [9.17, 15) is 14.4 Å². The van der Waals surface area contributed by atoms with Crippen LogP contribution in [0.5, 0.6) is 0 Å². The number of methoxy groups -OCH3 is 1. The lowest BCUT2D eigenvalue weighted by atomic mass is 10.4. The van der Waals surface area contributed by atoms with E-state index >= 15 is 0 Å². The minimum absolute atomic E-state index is 0.174. The average Bonchev–Trinajstić information content (AvgIpc) is 2.79. The van der Waals surface area contributed by atoms with Crippen LogP contribution in [-0.2, 0) is 14.3 Å². The van der Waals surface area contributed by atoms with E-state index in [4.69, 9.17) is 0 Å².